The number of hydrogen-bond acceptors (Lipinski definition) is 2. The normalized spacial score (nSPS) is 24.2. The van der Waals surface area contributed by atoms with E-state index in [1.807, 2.05) is 14.0 Å². The van der Waals surface area contributed by atoms with Crippen LogP contribution in [0.4, 0.5) is 0 Å². The first-order chi connectivity index (χ1) is 6.13. The fourth-order valence-electron chi connectivity index (χ4n) is 1.45. The molecule has 0 aromatic heterocycles. The van der Waals surface area contributed by atoms with Gasteiger partial charge >= 0.3 is 0 Å². The number of nitrogens with zero attached hydrogens (tertiary/aromatic N) is 1. The lowest BCUT2D eigenvalue weighted by molar-refractivity contribution is -0.119. The van der Waals surface area contributed by atoms with Crippen LogP contribution >= 0.6 is 0 Å². The van der Waals surface area contributed by atoms with E-state index < -0.39 is 0 Å². The smallest absolute Gasteiger partial charge is 0.220 e. The molecule has 3 heteroatoms. The molecule has 0 aromatic carbocycles. The lowest BCUT2D eigenvalue weighted by Gasteiger charge is -2.23. The third-order valence-corrected chi connectivity index (χ3v) is 2.50. The molecule has 1 aliphatic heterocycles. The zero-order valence-corrected chi connectivity index (χ0v) is 8.21. The molecular formula is C10H16N2O. The van der Waals surface area contributed by atoms with Crippen molar-refractivity contribution in [1.29, 1.82) is 0 Å². The van der Waals surface area contributed by atoms with E-state index >= 15 is 0 Å². The van der Waals surface area contributed by atoms with Gasteiger partial charge in [0.05, 0.1) is 6.04 Å². The number of rotatable bonds is 3. The van der Waals surface area contributed by atoms with E-state index in [1.165, 1.54) is 0 Å². The fourth-order valence-corrected chi connectivity index (χ4v) is 1.45. The van der Waals surface area contributed by atoms with Gasteiger partial charge in [-0.25, -0.2) is 0 Å². The molecule has 1 aliphatic rings. The van der Waals surface area contributed by atoms with Gasteiger partial charge in [0, 0.05) is 19.0 Å². The van der Waals surface area contributed by atoms with Crippen molar-refractivity contribution in [3.8, 4) is 12.3 Å². The molecule has 1 N–H and O–H groups in total. The first-order valence-electron chi connectivity index (χ1n) is 4.59. The SMILES string of the molecule is C#CC(C)N(C)CC1CCC(=O)N1. The van der Waals surface area contributed by atoms with Gasteiger partial charge in [-0.3, -0.25) is 9.69 Å². The van der Waals surface area contributed by atoms with Crippen LogP contribution in [0.15, 0.2) is 0 Å². The quantitative estimate of drug-likeness (QED) is 0.630. The number of nitrogens with one attached hydrogen (secondary N) is 1. The van der Waals surface area contributed by atoms with Gasteiger partial charge in [0.1, 0.15) is 0 Å². The number of carbonyl (C=O) groups is 1. The Morgan fingerprint density at radius 3 is 3.00 bits per heavy atom. The van der Waals surface area contributed by atoms with Gasteiger partial charge in [0.2, 0.25) is 5.91 Å². The second-order valence-electron chi connectivity index (χ2n) is 3.59. The molecule has 2 atom stereocenters. The molecule has 1 saturated heterocycles. The van der Waals surface area contributed by atoms with Crippen molar-refractivity contribution in [2.24, 2.45) is 0 Å². The number of hydrogen-bond donors (Lipinski definition) is 1. The molecule has 72 valence electrons. The first-order valence-corrected chi connectivity index (χ1v) is 4.59. The van der Waals surface area contributed by atoms with Crippen molar-refractivity contribution in [2.75, 3.05) is 13.6 Å². The van der Waals surface area contributed by atoms with Crippen LogP contribution in [0.25, 0.3) is 0 Å². The predicted molar refractivity (Wildman–Crippen MR) is 52.1 cm³/mol. The Balaban J connectivity index is 2.33. The molecule has 0 aliphatic carbocycles. The van der Waals surface area contributed by atoms with Crippen molar-refractivity contribution in [3.05, 3.63) is 0 Å². The summed E-state index contributed by atoms with van der Waals surface area (Å²) in [6.07, 6.45) is 6.88. The van der Waals surface area contributed by atoms with Crippen LogP contribution < -0.4 is 5.32 Å². The molecule has 0 aromatic rings. The van der Waals surface area contributed by atoms with Crippen molar-refractivity contribution in [1.82, 2.24) is 10.2 Å². The molecule has 0 spiro atoms. The third kappa shape index (κ3) is 2.74. The van der Waals surface area contributed by atoms with Gasteiger partial charge in [0.25, 0.3) is 0 Å². The molecule has 1 amide bonds. The predicted octanol–water partition coefficient (Wildman–Crippen LogP) is 0.218. The van der Waals surface area contributed by atoms with Crippen molar-refractivity contribution in [2.45, 2.75) is 31.8 Å². The van der Waals surface area contributed by atoms with E-state index in [-0.39, 0.29) is 18.0 Å². The number of carbonyl (C=O) groups excluding carboxylic acids is 1. The van der Waals surface area contributed by atoms with E-state index in [9.17, 15) is 4.79 Å². The second kappa shape index (κ2) is 4.29. The highest BCUT2D eigenvalue weighted by Gasteiger charge is 2.22. The van der Waals surface area contributed by atoms with Crippen molar-refractivity contribution >= 4 is 5.91 Å². The lowest BCUT2D eigenvalue weighted by atomic mass is 10.2. The highest BCUT2D eigenvalue weighted by atomic mass is 16.1. The second-order valence-corrected chi connectivity index (χ2v) is 3.59. The summed E-state index contributed by atoms with van der Waals surface area (Å²) >= 11 is 0. The minimum atomic E-state index is 0.137. The van der Waals surface area contributed by atoms with Gasteiger partial charge in [-0.15, -0.1) is 6.42 Å². The van der Waals surface area contributed by atoms with E-state index in [4.69, 9.17) is 6.42 Å². The van der Waals surface area contributed by atoms with Crippen LogP contribution in [-0.2, 0) is 4.79 Å². The van der Waals surface area contributed by atoms with Crippen molar-refractivity contribution in [3.63, 3.8) is 0 Å². The molecule has 0 bridgehead atoms. The lowest BCUT2D eigenvalue weighted by Crippen LogP contribution is -2.40. The van der Waals surface area contributed by atoms with Crippen LogP contribution in [0.1, 0.15) is 19.8 Å². The largest absolute Gasteiger partial charge is 0.352 e. The topological polar surface area (TPSA) is 32.3 Å². The Kier molecular flexibility index (Phi) is 3.32. The van der Waals surface area contributed by atoms with E-state index in [2.05, 4.69) is 16.1 Å². The molecule has 0 radical (unpaired) electrons. The summed E-state index contributed by atoms with van der Waals surface area (Å²) in [5, 5.41) is 2.91. The zero-order valence-electron chi connectivity index (χ0n) is 8.21. The van der Waals surface area contributed by atoms with Crippen LogP contribution in [0.3, 0.4) is 0 Å². The van der Waals surface area contributed by atoms with Gasteiger partial charge < -0.3 is 5.32 Å². The van der Waals surface area contributed by atoms with E-state index in [0.717, 1.165) is 13.0 Å². The summed E-state index contributed by atoms with van der Waals surface area (Å²) in [7, 11) is 1.98. The fraction of sp³-hybridized carbons (Fsp3) is 0.700. The molecule has 1 heterocycles. The number of amides is 1. The average molecular weight is 180 g/mol. The zero-order chi connectivity index (χ0) is 9.84. The van der Waals surface area contributed by atoms with Gasteiger partial charge in [0.15, 0.2) is 0 Å². The number of terminal acetylenes is 1. The Morgan fingerprint density at radius 2 is 2.54 bits per heavy atom. The average Bonchev–Trinajstić information content (AvgIpc) is 2.49. The summed E-state index contributed by atoms with van der Waals surface area (Å²) in [4.78, 5) is 13.0. The molecule has 0 saturated carbocycles. The summed E-state index contributed by atoms with van der Waals surface area (Å²) < 4.78 is 0. The number of likely N-dealkylation sites (N-methyl/N-ethyl adjacent to an activating group) is 1. The summed E-state index contributed by atoms with van der Waals surface area (Å²) in [6.45, 7) is 2.83. The molecule has 13 heavy (non-hydrogen) atoms. The summed E-state index contributed by atoms with van der Waals surface area (Å²) in [5.74, 6) is 2.82. The van der Waals surface area contributed by atoms with Crippen LogP contribution in [-0.4, -0.2) is 36.5 Å². The Hall–Kier alpha value is -1.01. The van der Waals surface area contributed by atoms with E-state index in [1.54, 1.807) is 0 Å². The maximum atomic E-state index is 10.9. The van der Waals surface area contributed by atoms with Crippen LogP contribution in [0.2, 0.25) is 0 Å². The maximum Gasteiger partial charge on any atom is 0.220 e. The Morgan fingerprint density at radius 1 is 1.85 bits per heavy atom. The third-order valence-electron chi connectivity index (χ3n) is 2.50. The minimum absolute atomic E-state index is 0.137. The highest BCUT2D eigenvalue weighted by Crippen LogP contribution is 2.08. The molecule has 1 fully saturated rings. The molecule has 3 nitrogen and oxygen atoms in total. The minimum Gasteiger partial charge on any atom is -0.352 e. The molecular weight excluding hydrogens is 164 g/mol. The summed E-state index contributed by atoms with van der Waals surface area (Å²) in [5.41, 5.74) is 0. The monoisotopic (exact) mass is 180 g/mol. The molecule has 2 unspecified atom stereocenters. The van der Waals surface area contributed by atoms with E-state index in [0.29, 0.717) is 6.42 Å². The molecule has 1 rings (SSSR count). The van der Waals surface area contributed by atoms with Gasteiger partial charge in [-0.2, -0.15) is 0 Å². The van der Waals surface area contributed by atoms with Crippen molar-refractivity contribution < 1.29 is 4.79 Å². The highest BCUT2D eigenvalue weighted by molar-refractivity contribution is 5.78. The summed E-state index contributed by atoms with van der Waals surface area (Å²) in [6, 6.07) is 0.422. The van der Waals surface area contributed by atoms with Gasteiger partial charge in [-0.05, 0) is 20.4 Å². The Labute approximate surface area is 79.5 Å². The van der Waals surface area contributed by atoms with Crippen LogP contribution in [0.5, 0.6) is 0 Å². The van der Waals surface area contributed by atoms with Gasteiger partial charge in [-0.1, -0.05) is 5.92 Å². The maximum absolute atomic E-state index is 10.9. The standard InChI is InChI=1S/C10H16N2O/c1-4-8(2)12(3)7-9-5-6-10(13)11-9/h1,8-9H,5-7H2,2-3H3,(H,11,13). The Bertz CT molecular complexity index is 232. The first kappa shape index (κ1) is 10.1. The van der Waals surface area contributed by atoms with Crippen LogP contribution in [0, 0.1) is 12.3 Å².